The van der Waals surface area contributed by atoms with E-state index in [-0.39, 0.29) is 15.6 Å². The van der Waals surface area contributed by atoms with Gasteiger partial charge in [0.2, 0.25) is 0 Å². The summed E-state index contributed by atoms with van der Waals surface area (Å²) in [7, 11) is 0. The summed E-state index contributed by atoms with van der Waals surface area (Å²) in [5.74, 6) is -1.55. The third-order valence-corrected chi connectivity index (χ3v) is 2.92. The molecule has 0 spiro atoms. The molecule has 0 aliphatic heterocycles. The average Bonchev–Trinajstić information content (AvgIpc) is 2.39. The van der Waals surface area contributed by atoms with Crippen molar-refractivity contribution in [2.75, 3.05) is 13.2 Å². The lowest BCUT2D eigenvalue weighted by molar-refractivity contribution is -0.123. The van der Waals surface area contributed by atoms with Gasteiger partial charge in [0.05, 0.1) is 15.6 Å². The lowest BCUT2D eigenvalue weighted by Crippen LogP contribution is -2.41. The second-order valence-corrected chi connectivity index (χ2v) is 4.37. The molecule has 1 aromatic rings. The van der Waals surface area contributed by atoms with E-state index in [2.05, 4.69) is 5.32 Å². The lowest BCUT2D eigenvalue weighted by Gasteiger charge is -2.07. The van der Waals surface area contributed by atoms with Crippen LogP contribution < -0.4 is 10.6 Å². The predicted molar refractivity (Wildman–Crippen MR) is 74.0 cm³/mol. The van der Waals surface area contributed by atoms with Crippen LogP contribution in [-0.2, 0) is 9.53 Å². The summed E-state index contributed by atoms with van der Waals surface area (Å²) in [4.78, 5) is 34.0. The molecule has 0 saturated carbocycles. The van der Waals surface area contributed by atoms with Gasteiger partial charge in [-0.05, 0) is 19.1 Å². The third kappa shape index (κ3) is 4.71. The first-order chi connectivity index (χ1) is 9.45. The number of rotatable bonds is 4. The van der Waals surface area contributed by atoms with E-state index in [0.29, 0.717) is 6.54 Å². The van der Waals surface area contributed by atoms with Crippen molar-refractivity contribution in [3.63, 3.8) is 0 Å². The monoisotopic (exact) mass is 318 g/mol. The van der Waals surface area contributed by atoms with Crippen LogP contribution in [0.25, 0.3) is 0 Å². The van der Waals surface area contributed by atoms with Crippen molar-refractivity contribution >= 4 is 41.1 Å². The van der Waals surface area contributed by atoms with Gasteiger partial charge < -0.3 is 10.1 Å². The molecule has 1 aromatic carbocycles. The van der Waals surface area contributed by atoms with Crippen LogP contribution in [0.4, 0.5) is 4.79 Å². The fraction of sp³-hybridized carbons (Fsp3) is 0.250. The largest absolute Gasteiger partial charge is 0.452 e. The molecule has 0 atom stereocenters. The highest BCUT2D eigenvalue weighted by molar-refractivity contribution is 6.43. The van der Waals surface area contributed by atoms with Crippen LogP contribution >= 0.6 is 23.2 Å². The van der Waals surface area contributed by atoms with Gasteiger partial charge in [-0.1, -0.05) is 29.3 Å². The Morgan fingerprint density at radius 2 is 1.95 bits per heavy atom. The quantitative estimate of drug-likeness (QED) is 0.831. The molecular formula is C12H12Cl2N2O4. The molecule has 8 heteroatoms. The van der Waals surface area contributed by atoms with E-state index < -0.39 is 24.5 Å². The first-order valence-corrected chi connectivity index (χ1v) is 6.40. The van der Waals surface area contributed by atoms with Crippen molar-refractivity contribution in [1.82, 2.24) is 10.6 Å². The zero-order valence-corrected chi connectivity index (χ0v) is 12.0. The lowest BCUT2D eigenvalue weighted by atomic mass is 10.2. The second kappa shape index (κ2) is 7.72. The fourth-order valence-corrected chi connectivity index (χ4v) is 1.62. The summed E-state index contributed by atoms with van der Waals surface area (Å²) in [6.45, 7) is 1.47. The van der Waals surface area contributed by atoms with E-state index in [0.717, 1.165) is 0 Å². The summed E-state index contributed by atoms with van der Waals surface area (Å²) in [5, 5.41) is 4.60. The molecular weight excluding hydrogens is 307 g/mol. The summed E-state index contributed by atoms with van der Waals surface area (Å²) in [5.41, 5.74) is 0.0463. The third-order valence-electron chi connectivity index (χ3n) is 2.10. The molecule has 6 nitrogen and oxygen atoms in total. The van der Waals surface area contributed by atoms with Crippen LogP contribution in [-0.4, -0.2) is 31.1 Å². The van der Waals surface area contributed by atoms with Crippen molar-refractivity contribution in [2.24, 2.45) is 0 Å². The van der Waals surface area contributed by atoms with Crippen LogP contribution in [0.2, 0.25) is 10.0 Å². The molecule has 0 unspecified atom stereocenters. The van der Waals surface area contributed by atoms with Gasteiger partial charge in [-0.25, -0.2) is 9.59 Å². The number of ether oxygens (including phenoxy) is 1. The topological polar surface area (TPSA) is 84.5 Å². The van der Waals surface area contributed by atoms with Crippen LogP contribution in [0, 0.1) is 0 Å². The van der Waals surface area contributed by atoms with Crippen molar-refractivity contribution < 1.29 is 19.1 Å². The van der Waals surface area contributed by atoms with E-state index in [1.807, 2.05) is 5.32 Å². The molecule has 2 N–H and O–H groups in total. The summed E-state index contributed by atoms with van der Waals surface area (Å²) >= 11 is 11.6. The molecule has 0 aromatic heterocycles. The minimum absolute atomic E-state index is 0.0447. The zero-order valence-electron chi connectivity index (χ0n) is 10.5. The fourth-order valence-electron chi connectivity index (χ4n) is 1.24. The van der Waals surface area contributed by atoms with Gasteiger partial charge in [0.15, 0.2) is 6.61 Å². The first kappa shape index (κ1) is 16.3. The average molecular weight is 319 g/mol. The van der Waals surface area contributed by atoms with Gasteiger partial charge in [-0.3, -0.25) is 10.1 Å². The number of carbonyl (C=O) groups excluding carboxylic acids is 3. The van der Waals surface area contributed by atoms with Crippen LogP contribution in [0.15, 0.2) is 18.2 Å². The Labute approximate surface area is 125 Å². The zero-order chi connectivity index (χ0) is 15.1. The molecule has 20 heavy (non-hydrogen) atoms. The number of urea groups is 1. The maximum absolute atomic E-state index is 11.7. The van der Waals surface area contributed by atoms with Crippen LogP contribution in [0.3, 0.4) is 0 Å². The van der Waals surface area contributed by atoms with Crippen molar-refractivity contribution in [2.45, 2.75) is 6.92 Å². The highest BCUT2D eigenvalue weighted by Gasteiger charge is 2.16. The number of hydrogen-bond acceptors (Lipinski definition) is 4. The summed E-state index contributed by atoms with van der Waals surface area (Å²) in [6, 6.07) is 3.80. The van der Waals surface area contributed by atoms with Gasteiger partial charge in [-0.2, -0.15) is 0 Å². The van der Waals surface area contributed by atoms with Crippen molar-refractivity contribution in [1.29, 1.82) is 0 Å². The maximum atomic E-state index is 11.7. The number of amides is 3. The molecule has 0 fully saturated rings. The van der Waals surface area contributed by atoms with E-state index in [1.165, 1.54) is 18.2 Å². The standard InChI is InChI=1S/C12H12Cl2N2O4/c1-2-15-12(19)16-9(17)6-20-11(18)7-4-3-5-8(13)10(7)14/h3-5H,2,6H2,1H3,(H2,15,16,17,19). The number of benzene rings is 1. The number of carbonyl (C=O) groups is 3. The molecule has 0 saturated heterocycles. The normalized spacial score (nSPS) is 9.75. The first-order valence-electron chi connectivity index (χ1n) is 5.64. The maximum Gasteiger partial charge on any atom is 0.340 e. The SMILES string of the molecule is CCNC(=O)NC(=O)COC(=O)c1cccc(Cl)c1Cl. The minimum Gasteiger partial charge on any atom is -0.452 e. The number of esters is 1. The summed E-state index contributed by atoms with van der Waals surface area (Å²) < 4.78 is 4.73. The number of halogens is 2. The Kier molecular flexibility index (Phi) is 6.27. The molecule has 108 valence electrons. The van der Waals surface area contributed by atoms with Gasteiger partial charge in [-0.15, -0.1) is 0 Å². The number of hydrogen-bond donors (Lipinski definition) is 2. The molecule has 0 aliphatic carbocycles. The smallest absolute Gasteiger partial charge is 0.340 e. The number of imide groups is 1. The van der Waals surface area contributed by atoms with E-state index in [9.17, 15) is 14.4 Å². The molecule has 1 rings (SSSR count). The van der Waals surface area contributed by atoms with Crippen molar-refractivity contribution in [3.05, 3.63) is 33.8 Å². The van der Waals surface area contributed by atoms with Crippen LogP contribution in [0.5, 0.6) is 0 Å². The molecule has 0 heterocycles. The van der Waals surface area contributed by atoms with Crippen molar-refractivity contribution in [3.8, 4) is 0 Å². The van der Waals surface area contributed by atoms with Gasteiger partial charge in [0.25, 0.3) is 5.91 Å². The molecule has 0 radical (unpaired) electrons. The highest BCUT2D eigenvalue weighted by atomic mass is 35.5. The molecule has 0 bridgehead atoms. The van der Waals surface area contributed by atoms with E-state index in [1.54, 1.807) is 6.92 Å². The minimum atomic E-state index is -0.802. The number of nitrogens with one attached hydrogen (secondary N) is 2. The Bertz CT molecular complexity index is 534. The second-order valence-electron chi connectivity index (χ2n) is 3.59. The van der Waals surface area contributed by atoms with E-state index in [4.69, 9.17) is 27.9 Å². The Hall–Kier alpha value is -1.79. The van der Waals surface area contributed by atoms with Gasteiger partial charge in [0, 0.05) is 6.54 Å². The Morgan fingerprint density at radius 1 is 1.25 bits per heavy atom. The highest BCUT2D eigenvalue weighted by Crippen LogP contribution is 2.25. The predicted octanol–water partition coefficient (Wildman–Crippen LogP) is 2.00. The molecule has 0 aliphatic rings. The molecule has 3 amide bonds. The summed E-state index contributed by atoms with van der Waals surface area (Å²) in [6.07, 6.45) is 0. The van der Waals surface area contributed by atoms with Gasteiger partial charge >= 0.3 is 12.0 Å². The van der Waals surface area contributed by atoms with Crippen LogP contribution in [0.1, 0.15) is 17.3 Å². The Morgan fingerprint density at radius 3 is 2.60 bits per heavy atom. The van der Waals surface area contributed by atoms with Gasteiger partial charge in [0.1, 0.15) is 0 Å². The Balaban J connectivity index is 2.53. The van der Waals surface area contributed by atoms with E-state index >= 15 is 0 Å².